The van der Waals surface area contributed by atoms with E-state index in [1.807, 2.05) is 56.3 Å². The van der Waals surface area contributed by atoms with Gasteiger partial charge in [0.2, 0.25) is 0 Å². The van der Waals surface area contributed by atoms with Gasteiger partial charge in [-0.25, -0.2) is 0 Å². The summed E-state index contributed by atoms with van der Waals surface area (Å²) >= 11 is 2.24. The summed E-state index contributed by atoms with van der Waals surface area (Å²) in [7, 11) is 0. The van der Waals surface area contributed by atoms with Crippen LogP contribution < -0.4 is 10.1 Å². The first-order valence-electron chi connectivity index (χ1n) is 7.34. The zero-order chi connectivity index (χ0) is 16.1. The van der Waals surface area contributed by atoms with Crippen molar-refractivity contribution in [3.05, 3.63) is 57.2 Å². The minimum atomic E-state index is -0.112. The number of rotatable bonds is 5. The van der Waals surface area contributed by atoms with Crippen molar-refractivity contribution in [3.63, 3.8) is 0 Å². The molecule has 2 rings (SSSR count). The minimum absolute atomic E-state index is 0.112. The van der Waals surface area contributed by atoms with E-state index in [1.165, 1.54) is 5.56 Å². The third-order valence-electron chi connectivity index (χ3n) is 3.44. The summed E-state index contributed by atoms with van der Waals surface area (Å²) in [5.41, 5.74) is 2.56. The first kappa shape index (κ1) is 16.8. The first-order valence-corrected chi connectivity index (χ1v) is 8.41. The molecule has 3 nitrogen and oxygen atoms in total. The number of carbonyl (C=O) groups excluding carboxylic acids is 1. The molecule has 1 atom stereocenters. The van der Waals surface area contributed by atoms with Crippen molar-refractivity contribution in [2.45, 2.75) is 33.3 Å². The lowest BCUT2D eigenvalue weighted by Gasteiger charge is -2.13. The van der Waals surface area contributed by atoms with Crippen molar-refractivity contribution < 1.29 is 9.53 Å². The summed E-state index contributed by atoms with van der Waals surface area (Å²) in [5, 5.41) is 2.91. The van der Waals surface area contributed by atoms with Crippen LogP contribution in [0.1, 0.15) is 36.2 Å². The molecule has 0 fully saturated rings. The van der Waals surface area contributed by atoms with E-state index in [9.17, 15) is 4.79 Å². The number of halogens is 1. The predicted octanol–water partition coefficient (Wildman–Crippen LogP) is 5.03. The maximum absolute atomic E-state index is 12.3. The topological polar surface area (TPSA) is 38.3 Å². The highest BCUT2D eigenvalue weighted by Crippen LogP contribution is 2.20. The zero-order valence-corrected chi connectivity index (χ0v) is 15.2. The Kier molecular flexibility index (Phi) is 5.83. The van der Waals surface area contributed by atoms with E-state index >= 15 is 0 Å². The number of aryl methyl sites for hydroxylation is 1. The molecule has 0 saturated carbocycles. The van der Waals surface area contributed by atoms with Crippen LogP contribution in [0.15, 0.2) is 42.5 Å². The summed E-state index contributed by atoms with van der Waals surface area (Å²) < 4.78 is 6.86. The Morgan fingerprint density at radius 1 is 1.27 bits per heavy atom. The molecule has 0 aliphatic rings. The molecule has 0 radical (unpaired) electrons. The summed E-state index contributed by atoms with van der Waals surface area (Å²) in [6.45, 7) is 6.13. The number of hydrogen-bond donors (Lipinski definition) is 1. The van der Waals surface area contributed by atoms with Crippen LogP contribution in [-0.2, 0) is 0 Å². The van der Waals surface area contributed by atoms with Crippen LogP contribution >= 0.6 is 22.6 Å². The number of hydrogen-bond acceptors (Lipinski definition) is 2. The second-order valence-electron chi connectivity index (χ2n) is 5.28. The van der Waals surface area contributed by atoms with E-state index < -0.39 is 0 Å². The third kappa shape index (κ3) is 4.47. The lowest BCUT2D eigenvalue weighted by molar-refractivity contribution is 0.102. The molecule has 1 N–H and O–H groups in total. The Morgan fingerprint density at radius 3 is 2.73 bits per heavy atom. The van der Waals surface area contributed by atoms with Crippen molar-refractivity contribution in [2.75, 3.05) is 5.32 Å². The summed E-state index contributed by atoms with van der Waals surface area (Å²) in [6.07, 6.45) is 1.10. The molecule has 0 heterocycles. The Labute approximate surface area is 145 Å². The molecule has 116 valence electrons. The molecule has 0 aliphatic heterocycles. The van der Waals surface area contributed by atoms with E-state index in [0.717, 1.165) is 21.4 Å². The van der Waals surface area contributed by atoms with Gasteiger partial charge in [0, 0.05) is 20.9 Å². The van der Waals surface area contributed by atoms with Crippen LogP contribution in [0.4, 0.5) is 5.69 Å². The molecular weight excluding hydrogens is 389 g/mol. The van der Waals surface area contributed by atoms with Crippen LogP contribution in [0.25, 0.3) is 0 Å². The maximum Gasteiger partial charge on any atom is 0.255 e. The number of nitrogens with one attached hydrogen (secondary N) is 1. The Balaban J connectivity index is 2.11. The van der Waals surface area contributed by atoms with E-state index in [1.54, 1.807) is 0 Å². The standard InChI is InChI=1S/C18H20INO2/c1-4-13(3)22-16-7-5-6-15(11-16)20-18(21)14-9-8-12(2)17(19)10-14/h5-11,13H,4H2,1-3H3,(H,20,21). The van der Waals surface area contributed by atoms with Crippen LogP contribution in [0.3, 0.4) is 0 Å². The monoisotopic (exact) mass is 409 g/mol. The van der Waals surface area contributed by atoms with Crippen LogP contribution in [-0.4, -0.2) is 12.0 Å². The van der Waals surface area contributed by atoms with Gasteiger partial charge in [-0.2, -0.15) is 0 Å². The number of benzene rings is 2. The second kappa shape index (κ2) is 7.63. The van der Waals surface area contributed by atoms with Crippen LogP contribution in [0.5, 0.6) is 5.75 Å². The summed E-state index contributed by atoms with van der Waals surface area (Å²) in [4.78, 5) is 12.3. The van der Waals surface area contributed by atoms with Gasteiger partial charge in [-0.3, -0.25) is 4.79 Å². The SMILES string of the molecule is CCC(C)Oc1cccc(NC(=O)c2ccc(C)c(I)c2)c1. The highest BCUT2D eigenvalue weighted by molar-refractivity contribution is 14.1. The van der Waals surface area contributed by atoms with Crippen molar-refractivity contribution in [3.8, 4) is 5.75 Å². The maximum atomic E-state index is 12.3. The largest absolute Gasteiger partial charge is 0.491 e. The van der Waals surface area contributed by atoms with Gasteiger partial charge in [-0.15, -0.1) is 0 Å². The second-order valence-corrected chi connectivity index (χ2v) is 6.44. The van der Waals surface area contributed by atoms with Crippen molar-refractivity contribution in [2.24, 2.45) is 0 Å². The normalized spacial score (nSPS) is 11.8. The Morgan fingerprint density at radius 2 is 2.05 bits per heavy atom. The van der Waals surface area contributed by atoms with Gasteiger partial charge in [0.1, 0.15) is 5.75 Å². The van der Waals surface area contributed by atoms with E-state index in [-0.39, 0.29) is 12.0 Å². The fourth-order valence-electron chi connectivity index (χ4n) is 1.90. The molecule has 2 aromatic rings. The zero-order valence-electron chi connectivity index (χ0n) is 13.0. The summed E-state index contributed by atoms with van der Waals surface area (Å²) in [6, 6.07) is 13.2. The number of anilines is 1. The van der Waals surface area contributed by atoms with E-state index in [4.69, 9.17) is 4.74 Å². The molecule has 0 aliphatic carbocycles. The fraction of sp³-hybridized carbons (Fsp3) is 0.278. The first-order chi connectivity index (χ1) is 10.5. The molecule has 4 heteroatoms. The van der Waals surface area contributed by atoms with Gasteiger partial charge in [0.25, 0.3) is 5.91 Å². The van der Waals surface area contributed by atoms with Gasteiger partial charge < -0.3 is 10.1 Å². The average Bonchev–Trinajstić information content (AvgIpc) is 2.50. The predicted molar refractivity (Wildman–Crippen MR) is 98.7 cm³/mol. The minimum Gasteiger partial charge on any atom is -0.491 e. The highest BCUT2D eigenvalue weighted by atomic mass is 127. The molecule has 2 aromatic carbocycles. The smallest absolute Gasteiger partial charge is 0.255 e. The Bertz CT molecular complexity index is 670. The quantitative estimate of drug-likeness (QED) is 0.704. The third-order valence-corrected chi connectivity index (χ3v) is 4.60. The van der Waals surface area contributed by atoms with E-state index in [0.29, 0.717) is 5.56 Å². The molecule has 1 unspecified atom stereocenters. The Hall–Kier alpha value is -1.56. The number of ether oxygens (including phenoxy) is 1. The number of amides is 1. The highest BCUT2D eigenvalue weighted by Gasteiger charge is 2.09. The molecule has 1 amide bonds. The molecule has 0 saturated heterocycles. The molecule has 0 spiro atoms. The van der Waals surface area contributed by atoms with Gasteiger partial charge in [-0.05, 0) is 72.7 Å². The van der Waals surface area contributed by atoms with Gasteiger partial charge in [0.15, 0.2) is 0 Å². The van der Waals surface area contributed by atoms with Crippen LogP contribution in [0.2, 0.25) is 0 Å². The van der Waals surface area contributed by atoms with Gasteiger partial charge >= 0.3 is 0 Å². The molecule has 0 aromatic heterocycles. The number of carbonyl (C=O) groups is 1. The lowest BCUT2D eigenvalue weighted by atomic mass is 10.1. The van der Waals surface area contributed by atoms with Gasteiger partial charge in [0.05, 0.1) is 6.10 Å². The van der Waals surface area contributed by atoms with Crippen LogP contribution in [0, 0.1) is 10.5 Å². The molecule has 0 bridgehead atoms. The van der Waals surface area contributed by atoms with Crippen molar-refractivity contribution >= 4 is 34.2 Å². The fourth-order valence-corrected chi connectivity index (χ4v) is 2.42. The van der Waals surface area contributed by atoms with E-state index in [2.05, 4.69) is 34.8 Å². The lowest BCUT2D eigenvalue weighted by Crippen LogP contribution is -2.13. The van der Waals surface area contributed by atoms with Crippen molar-refractivity contribution in [1.29, 1.82) is 0 Å². The van der Waals surface area contributed by atoms with Crippen molar-refractivity contribution in [1.82, 2.24) is 0 Å². The molecule has 22 heavy (non-hydrogen) atoms. The summed E-state index contributed by atoms with van der Waals surface area (Å²) in [5.74, 6) is 0.657. The molecular formula is C18H20INO2. The average molecular weight is 409 g/mol. The van der Waals surface area contributed by atoms with Gasteiger partial charge in [-0.1, -0.05) is 19.1 Å².